The minimum atomic E-state index is -0.858. The van der Waals surface area contributed by atoms with E-state index in [-0.39, 0.29) is 0 Å². The Labute approximate surface area is 129 Å². The molecule has 2 aromatic heterocycles. The third-order valence-corrected chi connectivity index (χ3v) is 4.62. The molecule has 2 aromatic rings. The van der Waals surface area contributed by atoms with E-state index < -0.39 is 17.2 Å². The van der Waals surface area contributed by atoms with Crippen LogP contribution in [0.3, 0.4) is 0 Å². The zero-order chi connectivity index (χ0) is 15.4. The number of hydrogen-bond donors (Lipinski definition) is 2. The molecule has 0 aromatic carbocycles. The lowest BCUT2D eigenvalue weighted by atomic mass is 10.4. The van der Waals surface area contributed by atoms with E-state index in [1.807, 2.05) is 29.0 Å². The van der Waals surface area contributed by atoms with Crippen molar-refractivity contribution in [2.45, 2.75) is 30.8 Å². The van der Waals surface area contributed by atoms with E-state index in [4.69, 9.17) is 5.73 Å². The Morgan fingerprint density at radius 1 is 1.52 bits per heavy atom. The molecule has 9 heteroatoms. The second-order valence-corrected chi connectivity index (χ2v) is 6.40. The van der Waals surface area contributed by atoms with Crippen molar-refractivity contribution < 1.29 is 9.59 Å². The number of nitrogens with zero attached hydrogens (tertiary/aromatic N) is 3. The van der Waals surface area contributed by atoms with Gasteiger partial charge in [0.2, 0.25) is 5.91 Å². The Morgan fingerprint density at radius 2 is 2.29 bits per heavy atom. The van der Waals surface area contributed by atoms with Gasteiger partial charge in [-0.15, -0.1) is 21.5 Å². The topological polar surface area (TPSA) is 103 Å². The molecule has 1 atom stereocenters. The molecular weight excluding hydrogens is 310 g/mol. The highest BCUT2D eigenvalue weighted by molar-refractivity contribution is 8.00. The SMILES string of the molecule is CCn1c(S[C@@H](C)C(=O)NC(N)=O)nnc1-c1cccs1. The van der Waals surface area contributed by atoms with Gasteiger partial charge >= 0.3 is 6.03 Å². The second kappa shape index (κ2) is 6.72. The number of carbonyl (C=O) groups is 2. The largest absolute Gasteiger partial charge is 0.351 e. The van der Waals surface area contributed by atoms with E-state index in [1.165, 1.54) is 11.8 Å². The van der Waals surface area contributed by atoms with Gasteiger partial charge in [-0.25, -0.2) is 4.79 Å². The first kappa shape index (κ1) is 15.5. The maximum Gasteiger partial charge on any atom is 0.318 e. The normalized spacial score (nSPS) is 12.1. The quantitative estimate of drug-likeness (QED) is 0.815. The number of primary amides is 1. The lowest BCUT2D eigenvalue weighted by molar-refractivity contribution is -0.119. The molecule has 7 nitrogen and oxygen atoms in total. The van der Waals surface area contributed by atoms with Gasteiger partial charge in [-0.2, -0.15) is 0 Å². The minimum Gasteiger partial charge on any atom is -0.351 e. The molecule has 21 heavy (non-hydrogen) atoms. The molecule has 2 rings (SSSR count). The Morgan fingerprint density at radius 3 is 2.86 bits per heavy atom. The first-order chi connectivity index (χ1) is 10.0. The zero-order valence-electron chi connectivity index (χ0n) is 11.6. The third-order valence-electron chi connectivity index (χ3n) is 2.67. The molecule has 2 heterocycles. The van der Waals surface area contributed by atoms with E-state index in [9.17, 15) is 9.59 Å². The zero-order valence-corrected chi connectivity index (χ0v) is 13.2. The Hall–Kier alpha value is -1.87. The van der Waals surface area contributed by atoms with Crippen LogP contribution < -0.4 is 11.1 Å². The van der Waals surface area contributed by atoms with Crippen LogP contribution in [0, 0.1) is 0 Å². The summed E-state index contributed by atoms with van der Waals surface area (Å²) >= 11 is 2.82. The van der Waals surface area contributed by atoms with Gasteiger partial charge in [0, 0.05) is 6.54 Å². The molecule has 3 amide bonds. The van der Waals surface area contributed by atoms with Crippen LogP contribution in [0.1, 0.15) is 13.8 Å². The summed E-state index contributed by atoms with van der Waals surface area (Å²) in [6.07, 6.45) is 0. The number of urea groups is 1. The summed E-state index contributed by atoms with van der Waals surface area (Å²) < 4.78 is 1.94. The Bertz CT molecular complexity index is 638. The van der Waals surface area contributed by atoms with Gasteiger partial charge in [-0.1, -0.05) is 17.8 Å². The molecule has 0 aliphatic rings. The van der Waals surface area contributed by atoms with Gasteiger partial charge in [0.15, 0.2) is 11.0 Å². The van der Waals surface area contributed by atoms with E-state index in [0.29, 0.717) is 11.7 Å². The van der Waals surface area contributed by atoms with Crippen LogP contribution in [0.4, 0.5) is 4.79 Å². The molecule has 0 fully saturated rings. The van der Waals surface area contributed by atoms with Crippen LogP contribution in [-0.4, -0.2) is 32.0 Å². The number of nitrogens with two attached hydrogens (primary N) is 1. The average Bonchev–Trinajstić information content (AvgIpc) is 3.05. The first-order valence-electron chi connectivity index (χ1n) is 6.27. The molecule has 0 saturated carbocycles. The van der Waals surface area contributed by atoms with E-state index >= 15 is 0 Å². The van der Waals surface area contributed by atoms with Gasteiger partial charge in [-0.3, -0.25) is 10.1 Å². The lowest BCUT2D eigenvalue weighted by Gasteiger charge is -2.10. The van der Waals surface area contributed by atoms with Crippen molar-refractivity contribution >= 4 is 35.0 Å². The number of thiophene rings is 1. The van der Waals surface area contributed by atoms with E-state index in [0.717, 1.165) is 10.7 Å². The number of amides is 3. The summed E-state index contributed by atoms with van der Waals surface area (Å²) in [6.45, 7) is 4.35. The standard InChI is InChI=1S/C12H15N5O2S2/c1-3-17-9(8-5-4-6-20-8)15-16-12(17)21-7(2)10(18)14-11(13)19/h4-7H,3H2,1-2H3,(H3,13,14,18,19)/t7-/m0/s1. The smallest absolute Gasteiger partial charge is 0.318 e. The molecule has 0 spiro atoms. The van der Waals surface area contributed by atoms with Crippen LogP contribution >= 0.6 is 23.1 Å². The van der Waals surface area contributed by atoms with Crippen LogP contribution in [-0.2, 0) is 11.3 Å². The van der Waals surface area contributed by atoms with Crippen LogP contribution in [0.2, 0.25) is 0 Å². The fraction of sp³-hybridized carbons (Fsp3) is 0.333. The highest BCUT2D eigenvalue weighted by Gasteiger charge is 2.21. The first-order valence-corrected chi connectivity index (χ1v) is 8.03. The fourth-order valence-electron chi connectivity index (χ4n) is 1.68. The molecule has 3 N–H and O–H groups in total. The number of carbonyl (C=O) groups excluding carboxylic acids is 2. The van der Waals surface area contributed by atoms with Crippen molar-refractivity contribution in [2.75, 3.05) is 0 Å². The van der Waals surface area contributed by atoms with Crippen molar-refractivity contribution in [3.05, 3.63) is 17.5 Å². The molecule has 0 saturated heterocycles. The van der Waals surface area contributed by atoms with E-state index in [2.05, 4.69) is 15.5 Å². The molecule has 0 bridgehead atoms. The van der Waals surface area contributed by atoms with Gasteiger partial charge in [0.25, 0.3) is 0 Å². The maximum absolute atomic E-state index is 11.7. The number of nitrogens with one attached hydrogen (secondary N) is 1. The molecule has 0 radical (unpaired) electrons. The Balaban J connectivity index is 2.18. The van der Waals surface area contributed by atoms with Gasteiger partial charge in [0.05, 0.1) is 10.1 Å². The van der Waals surface area contributed by atoms with Crippen LogP contribution in [0.5, 0.6) is 0 Å². The van der Waals surface area contributed by atoms with E-state index in [1.54, 1.807) is 18.3 Å². The molecular formula is C12H15N5O2S2. The highest BCUT2D eigenvalue weighted by Crippen LogP contribution is 2.28. The van der Waals surface area contributed by atoms with Crippen molar-refractivity contribution in [1.82, 2.24) is 20.1 Å². The minimum absolute atomic E-state index is 0.448. The summed E-state index contributed by atoms with van der Waals surface area (Å²) in [5, 5.41) is 12.5. The van der Waals surface area contributed by atoms with Gasteiger partial charge in [-0.05, 0) is 25.3 Å². The molecule has 0 unspecified atom stereocenters. The van der Waals surface area contributed by atoms with Crippen molar-refractivity contribution in [3.63, 3.8) is 0 Å². The van der Waals surface area contributed by atoms with Crippen molar-refractivity contribution in [2.24, 2.45) is 5.73 Å². The summed E-state index contributed by atoms with van der Waals surface area (Å²) in [6, 6.07) is 3.06. The van der Waals surface area contributed by atoms with Gasteiger partial charge < -0.3 is 10.3 Å². The highest BCUT2D eigenvalue weighted by atomic mass is 32.2. The van der Waals surface area contributed by atoms with Gasteiger partial charge in [0.1, 0.15) is 0 Å². The number of thioether (sulfide) groups is 1. The average molecular weight is 325 g/mol. The van der Waals surface area contributed by atoms with Crippen LogP contribution in [0.25, 0.3) is 10.7 Å². The summed E-state index contributed by atoms with van der Waals surface area (Å²) in [5.41, 5.74) is 4.94. The fourth-order valence-corrected chi connectivity index (χ4v) is 3.31. The molecule has 112 valence electrons. The number of hydrogen-bond acceptors (Lipinski definition) is 6. The Kier molecular flexibility index (Phi) is 4.97. The lowest BCUT2D eigenvalue weighted by Crippen LogP contribution is -2.39. The third kappa shape index (κ3) is 3.61. The summed E-state index contributed by atoms with van der Waals surface area (Å²) in [4.78, 5) is 23.4. The summed E-state index contributed by atoms with van der Waals surface area (Å²) in [5.74, 6) is 0.327. The van der Waals surface area contributed by atoms with Crippen molar-refractivity contribution in [1.29, 1.82) is 0 Å². The predicted molar refractivity (Wildman–Crippen MR) is 82.1 cm³/mol. The van der Waals surface area contributed by atoms with Crippen molar-refractivity contribution in [3.8, 4) is 10.7 Å². The second-order valence-electron chi connectivity index (χ2n) is 4.14. The number of aromatic nitrogens is 3. The number of imide groups is 1. The number of rotatable bonds is 5. The monoisotopic (exact) mass is 325 g/mol. The molecule has 0 aliphatic carbocycles. The van der Waals surface area contributed by atoms with Crippen LogP contribution in [0.15, 0.2) is 22.7 Å². The summed E-state index contributed by atoms with van der Waals surface area (Å²) in [7, 11) is 0. The molecule has 0 aliphatic heterocycles. The maximum atomic E-state index is 11.7. The predicted octanol–water partition coefficient (Wildman–Crippen LogP) is 1.70.